The Morgan fingerprint density at radius 3 is 2.86 bits per heavy atom. The van der Waals surface area contributed by atoms with Crippen molar-refractivity contribution >= 4 is 40.3 Å². The maximum atomic E-state index is 12.1. The van der Waals surface area contributed by atoms with Crippen molar-refractivity contribution in [1.29, 1.82) is 0 Å². The van der Waals surface area contributed by atoms with E-state index in [0.717, 1.165) is 29.6 Å². The van der Waals surface area contributed by atoms with Gasteiger partial charge in [0.1, 0.15) is 19.0 Å². The van der Waals surface area contributed by atoms with E-state index < -0.39 is 6.09 Å². The Morgan fingerprint density at radius 2 is 2.11 bits per heavy atom. The Hall–Kier alpha value is -2.61. The van der Waals surface area contributed by atoms with Crippen LogP contribution in [0.25, 0.3) is 10.9 Å². The number of ether oxygens (including phenoxy) is 1. The second-order valence-corrected chi connectivity index (χ2v) is 7.52. The van der Waals surface area contributed by atoms with Gasteiger partial charge in [0.2, 0.25) is 5.91 Å². The van der Waals surface area contributed by atoms with Crippen molar-refractivity contribution in [2.75, 3.05) is 25.0 Å². The molecule has 1 aliphatic heterocycles. The molecule has 4 rings (SSSR count). The summed E-state index contributed by atoms with van der Waals surface area (Å²) >= 11 is 6.16. The monoisotopic (exact) mass is 403 g/mol. The summed E-state index contributed by atoms with van der Waals surface area (Å²) in [6.45, 7) is 0.891. The molecule has 2 aliphatic rings. The predicted octanol–water partition coefficient (Wildman–Crippen LogP) is 2.71. The standard InChI is InChI=1S/C19H22ClN5O3/c20-12-5-6-15-14(9-12)18(22-13-3-1-2-4-13)24-16(23-15)10-21-17(26)11-25-7-8-28-19(25)27/h5-6,9,13H,1-4,7-8,10-11H2,(H,21,26)(H,22,23,24). The van der Waals surface area contributed by atoms with Gasteiger partial charge in [-0.2, -0.15) is 0 Å². The van der Waals surface area contributed by atoms with Crippen molar-refractivity contribution in [3.05, 3.63) is 29.0 Å². The minimum atomic E-state index is -0.461. The SMILES string of the molecule is O=C(CN1CCOC1=O)NCc1nc(NC2CCCC2)c2cc(Cl)ccc2n1. The molecule has 2 amide bonds. The van der Waals surface area contributed by atoms with Crippen LogP contribution in [-0.2, 0) is 16.1 Å². The van der Waals surface area contributed by atoms with Gasteiger partial charge in [-0.25, -0.2) is 14.8 Å². The minimum absolute atomic E-state index is 0.0325. The van der Waals surface area contributed by atoms with Crippen LogP contribution in [0.5, 0.6) is 0 Å². The summed E-state index contributed by atoms with van der Waals surface area (Å²) in [6, 6.07) is 5.89. The first-order valence-corrected chi connectivity index (χ1v) is 9.87. The Labute approximate surface area is 167 Å². The van der Waals surface area contributed by atoms with Gasteiger partial charge in [0.05, 0.1) is 18.6 Å². The van der Waals surface area contributed by atoms with E-state index in [1.807, 2.05) is 12.1 Å². The van der Waals surface area contributed by atoms with Gasteiger partial charge in [-0.1, -0.05) is 24.4 Å². The van der Waals surface area contributed by atoms with Crippen LogP contribution in [-0.4, -0.2) is 52.6 Å². The first-order chi connectivity index (χ1) is 13.6. The van der Waals surface area contributed by atoms with E-state index in [0.29, 0.717) is 30.0 Å². The molecule has 0 bridgehead atoms. The first kappa shape index (κ1) is 18.7. The maximum Gasteiger partial charge on any atom is 0.410 e. The summed E-state index contributed by atoms with van der Waals surface area (Å²) in [5.41, 5.74) is 0.771. The van der Waals surface area contributed by atoms with Crippen LogP contribution < -0.4 is 10.6 Å². The number of nitrogens with zero attached hydrogens (tertiary/aromatic N) is 3. The third kappa shape index (κ3) is 4.27. The van der Waals surface area contributed by atoms with Crippen LogP contribution in [0, 0.1) is 0 Å². The molecule has 8 nitrogen and oxygen atoms in total. The van der Waals surface area contributed by atoms with E-state index in [9.17, 15) is 9.59 Å². The number of halogens is 1. The van der Waals surface area contributed by atoms with Crippen LogP contribution in [0.15, 0.2) is 18.2 Å². The van der Waals surface area contributed by atoms with Crippen molar-refractivity contribution in [3.8, 4) is 0 Å². The van der Waals surface area contributed by atoms with Gasteiger partial charge >= 0.3 is 6.09 Å². The quantitative estimate of drug-likeness (QED) is 0.769. The fraction of sp³-hybridized carbons (Fsp3) is 0.474. The van der Waals surface area contributed by atoms with Gasteiger partial charge in [0, 0.05) is 16.5 Å². The molecule has 2 N–H and O–H groups in total. The van der Waals surface area contributed by atoms with E-state index in [1.54, 1.807) is 6.07 Å². The number of carbonyl (C=O) groups is 2. The number of hydrogen-bond donors (Lipinski definition) is 2. The fourth-order valence-electron chi connectivity index (χ4n) is 3.58. The van der Waals surface area contributed by atoms with Crippen molar-refractivity contribution in [1.82, 2.24) is 20.2 Å². The number of rotatable bonds is 6. The average Bonchev–Trinajstić information content (AvgIpc) is 3.33. The molecule has 1 aliphatic carbocycles. The van der Waals surface area contributed by atoms with Crippen molar-refractivity contribution in [2.24, 2.45) is 0 Å². The molecule has 2 fully saturated rings. The molecule has 1 aromatic carbocycles. The van der Waals surface area contributed by atoms with Crippen LogP contribution in [0.2, 0.25) is 5.02 Å². The topological polar surface area (TPSA) is 96.5 Å². The molecule has 1 aromatic heterocycles. The number of hydrogen-bond acceptors (Lipinski definition) is 6. The molecule has 9 heteroatoms. The number of cyclic esters (lactones) is 1. The average molecular weight is 404 g/mol. The highest BCUT2D eigenvalue weighted by atomic mass is 35.5. The first-order valence-electron chi connectivity index (χ1n) is 9.49. The molecule has 1 saturated carbocycles. The molecule has 1 saturated heterocycles. The molecule has 0 unspecified atom stereocenters. The summed E-state index contributed by atoms with van der Waals surface area (Å²) in [5, 5.41) is 7.79. The molecular weight excluding hydrogens is 382 g/mol. The second kappa shape index (κ2) is 8.18. The van der Waals surface area contributed by atoms with Gasteiger partial charge in [-0.05, 0) is 31.0 Å². The van der Waals surface area contributed by atoms with Crippen molar-refractivity contribution in [3.63, 3.8) is 0 Å². The molecular formula is C19H22ClN5O3. The minimum Gasteiger partial charge on any atom is -0.448 e. The Bertz CT molecular complexity index is 901. The Kier molecular flexibility index (Phi) is 5.47. The third-order valence-corrected chi connectivity index (χ3v) is 5.26. The third-order valence-electron chi connectivity index (χ3n) is 5.02. The zero-order valence-electron chi connectivity index (χ0n) is 15.4. The highest BCUT2D eigenvalue weighted by Gasteiger charge is 2.24. The smallest absolute Gasteiger partial charge is 0.410 e. The van der Waals surface area contributed by atoms with Crippen LogP contribution >= 0.6 is 11.6 Å². The number of aromatic nitrogens is 2. The largest absolute Gasteiger partial charge is 0.448 e. The number of fused-ring (bicyclic) bond motifs is 1. The van der Waals surface area contributed by atoms with E-state index in [-0.39, 0.29) is 19.0 Å². The van der Waals surface area contributed by atoms with Gasteiger partial charge in [-0.3, -0.25) is 9.69 Å². The number of carbonyl (C=O) groups excluding carboxylic acids is 2. The van der Waals surface area contributed by atoms with Crippen LogP contribution in [0.3, 0.4) is 0 Å². The number of amides is 2. The lowest BCUT2D eigenvalue weighted by atomic mass is 10.2. The zero-order valence-corrected chi connectivity index (χ0v) is 16.2. The Morgan fingerprint density at radius 1 is 1.29 bits per heavy atom. The lowest BCUT2D eigenvalue weighted by Crippen LogP contribution is -2.37. The highest BCUT2D eigenvalue weighted by Crippen LogP contribution is 2.28. The number of anilines is 1. The van der Waals surface area contributed by atoms with Crippen LogP contribution in [0.4, 0.5) is 10.6 Å². The summed E-state index contributed by atoms with van der Waals surface area (Å²) in [6.07, 6.45) is 4.19. The normalized spacial score (nSPS) is 17.2. The van der Waals surface area contributed by atoms with Crippen molar-refractivity contribution in [2.45, 2.75) is 38.3 Å². The number of benzene rings is 1. The molecule has 28 heavy (non-hydrogen) atoms. The van der Waals surface area contributed by atoms with E-state index >= 15 is 0 Å². The predicted molar refractivity (Wildman–Crippen MR) is 105 cm³/mol. The fourth-order valence-corrected chi connectivity index (χ4v) is 3.75. The molecule has 148 valence electrons. The molecule has 2 aromatic rings. The summed E-state index contributed by atoms with van der Waals surface area (Å²) < 4.78 is 4.83. The lowest BCUT2D eigenvalue weighted by Gasteiger charge is -2.16. The van der Waals surface area contributed by atoms with Crippen molar-refractivity contribution < 1.29 is 14.3 Å². The molecule has 2 heterocycles. The number of nitrogens with one attached hydrogen (secondary N) is 2. The summed E-state index contributed by atoms with van der Waals surface area (Å²) in [4.78, 5) is 34.1. The molecule has 0 radical (unpaired) electrons. The van der Waals surface area contributed by atoms with E-state index in [4.69, 9.17) is 16.3 Å². The lowest BCUT2D eigenvalue weighted by molar-refractivity contribution is -0.121. The van der Waals surface area contributed by atoms with Gasteiger partial charge < -0.3 is 15.4 Å². The highest BCUT2D eigenvalue weighted by molar-refractivity contribution is 6.31. The van der Waals surface area contributed by atoms with Crippen LogP contribution in [0.1, 0.15) is 31.5 Å². The van der Waals surface area contributed by atoms with Gasteiger partial charge in [0.25, 0.3) is 0 Å². The second-order valence-electron chi connectivity index (χ2n) is 7.09. The maximum absolute atomic E-state index is 12.1. The van der Waals surface area contributed by atoms with E-state index in [2.05, 4.69) is 20.6 Å². The molecule has 0 spiro atoms. The van der Waals surface area contributed by atoms with Gasteiger partial charge in [-0.15, -0.1) is 0 Å². The van der Waals surface area contributed by atoms with E-state index in [1.165, 1.54) is 17.7 Å². The zero-order chi connectivity index (χ0) is 19.5. The Balaban J connectivity index is 1.49. The summed E-state index contributed by atoms with van der Waals surface area (Å²) in [5.74, 6) is 0.975. The molecule has 0 atom stereocenters. The van der Waals surface area contributed by atoms with Gasteiger partial charge in [0.15, 0.2) is 5.82 Å². The summed E-state index contributed by atoms with van der Waals surface area (Å²) in [7, 11) is 0.